The summed E-state index contributed by atoms with van der Waals surface area (Å²) in [6.07, 6.45) is 13.0. The highest BCUT2D eigenvalue weighted by molar-refractivity contribution is 8.85. The second-order valence-corrected chi connectivity index (χ2v) is 13.0. The Morgan fingerprint density at radius 3 is 2.45 bits per heavy atom. The van der Waals surface area contributed by atoms with Crippen LogP contribution < -0.4 is 9.62 Å². The van der Waals surface area contributed by atoms with E-state index in [1.165, 1.54) is 90.8 Å². The van der Waals surface area contributed by atoms with Crippen LogP contribution in [0.5, 0.6) is 0 Å². The van der Waals surface area contributed by atoms with Crippen LogP contribution in [0.2, 0.25) is 0 Å². The van der Waals surface area contributed by atoms with E-state index in [-0.39, 0.29) is 15.5 Å². The molecule has 2 aromatic carbocycles. The number of hydrogen-bond acceptors (Lipinski definition) is 4. The molecule has 0 amide bonds. The molecule has 2 fully saturated rings. The molecule has 2 heterocycles. The monoisotopic (exact) mass is 448 g/mol. The van der Waals surface area contributed by atoms with Gasteiger partial charge in [-0.15, -0.1) is 0 Å². The van der Waals surface area contributed by atoms with Gasteiger partial charge in [0.1, 0.15) is 0 Å². The molecular weight excluding hydrogens is 420 g/mol. The molecule has 5 aliphatic rings. The van der Waals surface area contributed by atoms with Crippen molar-refractivity contribution in [2.24, 2.45) is 0 Å². The minimum absolute atomic E-state index is 0.00889. The summed E-state index contributed by atoms with van der Waals surface area (Å²) in [5.41, 5.74) is 6.80. The third-order valence-electron chi connectivity index (χ3n) is 7.77. The van der Waals surface area contributed by atoms with E-state index in [4.69, 9.17) is 0 Å². The molecule has 2 saturated carbocycles. The SMILES string of the molecule is O=C1c2cccc3c2C2=S(Sc4ccc(NC5CCCCC5)c1c42)N3C1CCCCC1. The summed E-state index contributed by atoms with van der Waals surface area (Å²) in [4.78, 5) is 16.6. The Hall–Kier alpha value is -1.72. The number of anilines is 2. The van der Waals surface area contributed by atoms with Gasteiger partial charge in [0.15, 0.2) is 5.78 Å². The zero-order valence-electron chi connectivity index (χ0n) is 17.8. The summed E-state index contributed by atoms with van der Waals surface area (Å²) < 4.78 is 2.72. The highest BCUT2D eigenvalue weighted by atomic mass is 33.1. The number of hydrogen-bond donors (Lipinski definition) is 1. The highest BCUT2D eigenvalue weighted by Crippen LogP contribution is 2.63. The molecule has 5 heteroatoms. The molecule has 0 bridgehead atoms. The van der Waals surface area contributed by atoms with Gasteiger partial charge in [0, 0.05) is 44.2 Å². The molecule has 0 aromatic heterocycles. The van der Waals surface area contributed by atoms with E-state index >= 15 is 0 Å². The molecular formula is C26H28N2OS2. The lowest BCUT2D eigenvalue weighted by molar-refractivity contribution is 0.103. The van der Waals surface area contributed by atoms with E-state index in [1.54, 1.807) is 0 Å². The van der Waals surface area contributed by atoms with Gasteiger partial charge in [-0.05, 0) is 64.4 Å². The first kappa shape index (κ1) is 18.8. The van der Waals surface area contributed by atoms with Gasteiger partial charge in [0.25, 0.3) is 0 Å². The van der Waals surface area contributed by atoms with Crippen LogP contribution in [0, 0.1) is 0 Å². The van der Waals surface area contributed by atoms with Gasteiger partial charge in [0.05, 0.1) is 11.3 Å². The smallest absolute Gasteiger partial charge is 0.196 e. The molecule has 7 rings (SSSR count). The molecule has 1 atom stereocenters. The van der Waals surface area contributed by atoms with E-state index < -0.39 is 0 Å². The molecule has 3 aliphatic carbocycles. The molecule has 0 spiro atoms. The molecule has 2 aliphatic heterocycles. The minimum atomic E-state index is -0.00889. The predicted molar refractivity (Wildman–Crippen MR) is 133 cm³/mol. The maximum atomic E-state index is 13.9. The molecule has 1 unspecified atom stereocenters. The maximum Gasteiger partial charge on any atom is 0.196 e. The van der Waals surface area contributed by atoms with Gasteiger partial charge < -0.3 is 9.62 Å². The average molecular weight is 449 g/mol. The number of carbonyl (C=O) groups excluding carboxylic acids is 1. The second kappa shape index (κ2) is 7.14. The zero-order valence-corrected chi connectivity index (χ0v) is 19.4. The summed E-state index contributed by atoms with van der Waals surface area (Å²) >= 11 is 0. The summed E-state index contributed by atoms with van der Waals surface area (Å²) in [5, 5.41) is 3.80. The van der Waals surface area contributed by atoms with Crippen molar-refractivity contribution < 1.29 is 4.79 Å². The number of benzene rings is 2. The zero-order chi connectivity index (χ0) is 20.5. The Bertz CT molecular complexity index is 1140. The Morgan fingerprint density at radius 1 is 0.871 bits per heavy atom. The van der Waals surface area contributed by atoms with Crippen molar-refractivity contribution in [2.75, 3.05) is 9.62 Å². The lowest BCUT2D eigenvalue weighted by Crippen LogP contribution is -2.31. The summed E-state index contributed by atoms with van der Waals surface area (Å²) in [5.74, 6) is 0.229. The van der Waals surface area contributed by atoms with Crippen molar-refractivity contribution in [2.45, 2.75) is 81.2 Å². The Balaban J connectivity index is 1.39. The van der Waals surface area contributed by atoms with Gasteiger partial charge >= 0.3 is 0 Å². The third kappa shape index (κ3) is 2.69. The predicted octanol–water partition coefficient (Wildman–Crippen LogP) is 6.90. The Morgan fingerprint density at radius 2 is 1.65 bits per heavy atom. The number of nitrogens with zero attached hydrogens (tertiary/aromatic N) is 1. The standard InChI is InChI=1S/C26H28N2OS2/c29-25-18-12-7-13-20-22(18)26-24-21(30-31(26)28(20)17-10-5-2-6-11-17)15-14-19(23(24)25)27-16-8-3-1-4-9-16/h7,12-17,27H,1-6,8-11H2. The maximum absolute atomic E-state index is 13.9. The Kier molecular flexibility index (Phi) is 4.34. The molecule has 160 valence electrons. The number of carbonyl (C=O) groups is 1. The van der Waals surface area contributed by atoms with Gasteiger partial charge in [-0.1, -0.05) is 50.7 Å². The molecule has 2 aromatic rings. The average Bonchev–Trinajstić information content (AvgIpc) is 3.34. The van der Waals surface area contributed by atoms with E-state index in [0.717, 1.165) is 16.8 Å². The van der Waals surface area contributed by atoms with Crippen LogP contribution in [0.15, 0.2) is 35.2 Å². The van der Waals surface area contributed by atoms with Crippen LogP contribution in [0.25, 0.3) is 0 Å². The van der Waals surface area contributed by atoms with Gasteiger partial charge in [0.2, 0.25) is 0 Å². The lowest BCUT2D eigenvalue weighted by atomic mass is 9.82. The lowest BCUT2D eigenvalue weighted by Gasteiger charge is -2.35. The molecule has 31 heavy (non-hydrogen) atoms. The number of rotatable bonds is 3. The van der Waals surface area contributed by atoms with Crippen molar-refractivity contribution in [1.82, 2.24) is 0 Å². The normalized spacial score (nSPS) is 24.6. The van der Waals surface area contributed by atoms with Crippen LogP contribution in [-0.4, -0.2) is 22.7 Å². The summed E-state index contributed by atoms with van der Waals surface area (Å²) in [7, 11) is 2.00. The third-order valence-corrected chi connectivity index (χ3v) is 12.0. The topological polar surface area (TPSA) is 32.3 Å². The van der Waals surface area contributed by atoms with Crippen LogP contribution >= 0.6 is 20.5 Å². The van der Waals surface area contributed by atoms with Gasteiger partial charge in [-0.3, -0.25) is 4.79 Å². The fraction of sp³-hybridized carbons (Fsp3) is 0.462. The first-order valence-corrected chi connectivity index (χ1v) is 14.5. The van der Waals surface area contributed by atoms with Crippen LogP contribution in [0.3, 0.4) is 0 Å². The first-order valence-electron chi connectivity index (χ1n) is 12.0. The Labute approximate surface area is 190 Å². The van der Waals surface area contributed by atoms with Crippen LogP contribution in [-0.2, 0) is 0 Å². The van der Waals surface area contributed by atoms with E-state index in [1.807, 2.05) is 10.8 Å². The van der Waals surface area contributed by atoms with Crippen molar-refractivity contribution in [3.8, 4) is 0 Å². The summed E-state index contributed by atoms with van der Waals surface area (Å²) in [6, 6.07) is 12.1. The van der Waals surface area contributed by atoms with Gasteiger partial charge in [-0.25, -0.2) is 0 Å². The van der Waals surface area contributed by atoms with Crippen molar-refractivity contribution in [3.63, 3.8) is 0 Å². The number of nitrogens with one attached hydrogen (secondary N) is 1. The second-order valence-electron chi connectivity index (χ2n) is 9.65. The van der Waals surface area contributed by atoms with Crippen LogP contribution in [0.1, 0.15) is 91.3 Å². The highest BCUT2D eigenvalue weighted by Gasteiger charge is 2.46. The van der Waals surface area contributed by atoms with Crippen molar-refractivity contribution in [3.05, 3.63) is 52.6 Å². The summed E-state index contributed by atoms with van der Waals surface area (Å²) in [6.45, 7) is 0. The van der Waals surface area contributed by atoms with E-state index in [2.05, 4.69) is 40.0 Å². The molecule has 3 nitrogen and oxygen atoms in total. The fourth-order valence-corrected chi connectivity index (χ4v) is 11.4. The minimum Gasteiger partial charge on any atom is -0.382 e. The van der Waals surface area contributed by atoms with E-state index in [0.29, 0.717) is 12.1 Å². The number of ketones is 1. The van der Waals surface area contributed by atoms with E-state index in [9.17, 15) is 4.79 Å². The van der Waals surface area contributed by atoms with Gasteiger partial charge in [-0.2, -0.15) is 0 Å². The first-order chi connectivity index (χ1) is 15.3. The molecule has 0 radical (unpaired) electrons. The van der Waals surface area contributed by atoms with Crippen molar-refractivity contribution >= 4 is 42.5 Å². The fourth-order valence-electron chi connectivity index (χ4n) is 6.29. The van der Waals surface area contributed by atoms with Crippen LogP contribution in [0.4, 0.5) is 11.4 Å². The van der Waals surface area contributed by atoms with Crippen molar-refractivity contribution in [1.29, 1.82) is 0 Å². The largest absolute Gasteiger partial charge is 0.382 e. The quantitative estimate of drug-likeness (QED) is 0.349. The molecule has 0 saturated heterocycles. The molecule has 1 N–H and O–H groups in total.